The molecule has 0 aliphatic heterocycles. The van der Waals surface area contributed by atoms with E-state index in [9.17, 15) is 4.79 Å². The quantitative estimate of drug-likeness (QED) is 0.513. The van der Waals surface area contributed by atoms with Gasteiger partial charge >= 0.3 is 5.97 Å². The summed E-state index contributed by atoms with van der Waals surface area (Å²) in [5.74, 6) is 0.236. The van der Waals surface area contributed by atoms with Crippen LogP contribution in [0.5, 0.6) is 0 Å². The number of rotatable bonds is 4. The van der Waals surface area contributed by atoms with E-state index in [2.05, 4.69) is 20.7 Å². The highest BCUT2D eigenvalue weighted by molar-refractivity contribution is 5.97. The average molecular weight is 264 g/mol. The second kappa shape index (κ2) is 6.26. The van der Waals surface area contributed by atoms with Gasteiger partial charge in [-0.25, -0.2) is 0 Å². The first kappa shape index (κ1) is 15.1. The molecule has 0 atom stereocenters. The van der Waals surface area contributed by atoms with Gasteiger partial charge in [0.2, 0.25) is 0 Å². The number of nitrogens with zero attached hydrogens (tertiary/aromatic N) is 3. The summed E-state index contributed by atoms with van der Waals surface area (Å²) in [6.45, 7) is 9.10. The van der Waals surface area contributed by atoms with E-state index in [1.165, 1.54) is 0 Å². The maximum Gasteiger partial charge on any atom is 0.312 e. The Labute approximate surface area is 113 Å². The minimum atomic E-state index is -0.479. The minimum absolute atomic E-state index is 0.142. The first-order valence-corrected chi connectivity index (χ1v) is 6.07. The summed E-state index contributed by atoms with van der Waals surface area (Å²) in [6, 6.07) is 3.60. The number of aromatic nitrogens is 2. The van der Waals surface area contributed by atoms with Crippen molar-refractivity contribution < 1.29 is 9.53 Å². The van der Waals surface area contributed by atoms with Crippen molar-refractivity contribution >= 4 is 17.5 Å². The lowest BCUT2D eigenvalue weighted by molar-refractivity contribution is -0.153. The summed E-state index contributed by atoms with van der Waals surface area (Å²) in [5.41, 5.74) is 3.72. The Kier molecular flexibility index (Phi) is 4.97. The van der Waals surface area contributed by atoms with Crippen molar-refractivity contribution in [2.24, 2.45) is 5.10 Å². The smallest absolute Gasteiger partial charge is 0.312 e. The molecule has 6 heteroatoms. The van der Waals surface area contributed by atoms with Gasteiger partial charge in [-0.1, -0.05) is 0 Å². The van der Waals surface area contributed by atoms with Gasteiger partial charge in [0.1, 0.15) is 5.60 Å². The third-order valence-corrected chi connectivity index (χ3v) is 1.98. The van der Waals surface area contributed by atoms with Gasteiger partial charge in [0.15, 0.2) is 5.82 Å². The number of anilines is 1. The van der Waals surface area contributed by atoms with Crippen LogP contribution in [0, 0.1) is 6.92 Å². The molecule has 0 saturated heterocycles. The molecule has 0 saturated carbocycles. The largest absolute Gasteiger partial charge is 0.460 e. The van der Waals surface area contributed by atoms with Gasteiger partial charge < -0.3 is 4.74 Å². The number of hydrogen-bond donors (Lipinski definition) is 1. The van der Waals surface area contributed by atoms with Crippen LogP contribution in [-0.4, -0.2) is 27.5 Å². The Bertz CT molecular complexity index is 461. The van der Waals surface area contributed by atoms with Gasteiger partial charge in [-0.05, 0) is 46.8 Å². The van der Waals surface area contributed by atoms with Gasteiger partial charge in [-0.3, -0.25) is 10.2 Å². The Balaban J connectivity index is 2.49. The molecule has 0 spiro atoms. The lowest BCUT2D eigenvalue weighted by atomic mass is 10.2. The molecular weight excluding hydrogens is 244 g/mol. The lowest BCUT2D eigenvalue weighted by Crippen LogP contribution is -2.25. The first-order valence-electron chi connectivity index (χ1n) is 6.07. The Morgan fingerprint density at radius 3 is 2.58 bits per heavy atom. The topological polar surface area (TPSA) is 76.5 Å². The Morgan fingerprint density at radius 1 is 1.37 bits per heavy atom. The zero-order valence-electron chi connectivity index (χ0n) is 12.0. The van der Waals surface area contributed by atoms with Crippen molar-refractivity contribution in [3.05, 3.63) is 17.8 Å². The fraction of sp³-hybridized carbons (Fsp3) is 0.538. The SMILES string of the molecule is C/C(CC(=O)OC(C)(C)C)=N/Nc1ccc(C)nn1. The molecule has 0 aliphatic rings. The maximum absolute atomic E-state index is 11.6. The number of ether oxygens (including phenoxy) is 1. The minimum Gasteiger partial charge on any atom is -0.460 e. The van der Waals surface area contributed by atoms with E-state index in [1.807, 2.05) is 33.8 Å². The number of carbonyl (C=O) groups excluding carboxylic acids is 1. The van der Waals surface area contributed by atoms with Crippen molar-refractivity contribution in [2.45, 2.75) is 46.6 Å². The summed E-state index contributed by atoms with van der Waals surface area (Å²) in [4.78, 5) is 11.6. The zero-order chi connectivity index (χ0) is 14.5. The zero-order valence-corrected chi connectivity index (χ0v) is 12.0. The molecule has 0 fully saturated rings. The summed E-state index contributed by atoms with van der Waals surface area (Å²) in [5, 5.41) is 11.9. The van der Waals surface area contributed by atoms with Crippen LogP contribution >= 0.6 is 0 Å². The van der Waals surface area contributed by atoms with Gasteiger partial charge in [0.05, 0.1) is 12.1 Å². The standard InChI is InChI=1S/C13H20N4O2/c1-9-6-7-11(16-14-9)17-15-10(2)8-12(18)19-13(3,4)5/h6-7H,8H2,1-5H3,(H,16,17)/b15-10-. The van der Waals surface area contributed by atoms with Crippen LogP contribution < -0.4 is 5.43 Å². The van der Waals surface area contributed by atoms with Gasteiger partial charge in [-0.15, -0.1) is 5.10 Å². The molecular formula is C13H20N4O2. The number of esters is 1. The van der Waals surface area contributed by atoms with Crippen molar-refractivity contribution in [2.75, 3.05) is 5.43 Å². The predicted molar refractivity (Wildman–Crippen MR) is 74.0 cm³/mol. The fourth-order valence-corrected chi connectivity index (χ4v) is 1.24. The molecule has 0 amide bonds. The Hall–Kier alpha value is -1.98. The summed E-state index contributed by atoms with van der Waals surface area (Å²) >= 11 is 0. The molecule has 0 unspecified atom stereocenters. The summed E-state index contributed by atoms with van der Waals surface area (Å²) in [6.07, 6.45) is 0.142. The maximum atomic E-state index is 11.6. The monoisotopic (exact) mass is 264 g/mol. The fourth-order valence-electron chi connectivity index (χ4n) is 1.24. The molecule has 1 aromatic rings. The lowest BCUT2D eigenvalue weighted by Gasteiger charge is -2.19. The van der Waals surface area contributed by atoms with Crippen LogP contribution in [0.2, 0.25) is 0 Å². The van der Waals surface area contributed by atoms with E-state index in [-0.39, 0.29) is 12.4 Å². The number of hydrazone groups is 1. The van der Waals surface area contributed by atoms with Crippen molar-refractivity contribution in [3.8, 4) is 0 Å². The number of aryl methyl sites for hydroxylation is 1. The van der Waals surface area contributed by atoms with Gasteiger partial charge in [0, 0.05) is 5.71 Å². The normalized spacial score (nSPS) is 12.2. The van der Waals surface area contributed by atoms with Crippen LogP contribution in [0.25, 0.3) is 0 Å². The molecule has 19 heavy (non-hydrogen) atoms. The molecule has 6 nitrogen and oxygen atoms in total. The number of nitrogens with one attached hydrogen (secondary N) is 1. The number of carbonyl (C=O) groups is 1. The van der Waals surface area contributed by atoms with Crippen LogP contribution in [0.4, 0.5) is 5.82 Å². The van der Waals surface area contributed by atoms with Gasteiger partial charge in [0.25, 0.3) is 0 Å². The second-order valence-corrected chi connectivity index (χ2v) is 5.28. The molecule has 0 bridgehead atoms. The van der Waals surface area contributed by atoms with E-state index in [1.54, 1.807) is 13.0 Å². The van der Waals surface area contributed by atoms with E-state index >= 15 is 0 Å². The highest BCUT2D eigenvalue weighted by Crippen LogP contribution is 2.08. The third-order valence-electron chi connectivity index (χ3n) is 1.98. The van der Waals surface area contributed by atoms with E-state index < -0.39 is 5.60 Å². The summed E-state index contributed by atoms with van der Waals surface area (Å²) in [7, 11) is 0. The molecule has 1 N–H and O–H groups in total. The Morgan fingerprint density at radius 2 is 2.05 bits per heavy atom. The molecule has 0 aromatic carbocycles. The van der Waals surface area contributed by atoms with E-state index in [0.29, 0.717) is 11.5 Å². The molecule has 1 rings (SSSR count). The van der Waals surface area contributed by atoms with Crippen LogP contribution in [0.1, 0.15) is 39.8 Å². The highest BCUT2D eigenvalue weighted by Gasteiger charge is 2.16. The van der Waals surface area contributed by atoms with Crippen molar-refractivity contribution in [3.63, 3.8) is 0 Å². The van der Waals surface area contributed by atoms with Gasteiger partial charge in [-0.2, -0.15) is 10.2 Å². The van der Waals surface area contributed by atoms with Crippen LogP contribution in [0.3, 0.4) is 0 Å². The molecule has 0 radical (unpaired) electrons. The van der Waals surface area contributed by atoms with Crippen molar-refractivity contribution in [1.82, 2.24) is 10.2 Å². The second-order valence-electron chi connectivity index (χ2n) is 5.28. The average Bonchev–Trinajstić information content (AvgIpc) is 2.25. The first-order chi connectivity index (χ1) is 8.76. The number of hydrogen-bond acceptors (Lipinski definition) is 6. The molecule has 0 aliphatic carbocycles. The van der Waals surface area contributed by atoms with Crippen molar-refractivity contribution in [1.29, 1.82) is 0 Å². The molecule has 1 aromatic heterocycles. The van der Waals surface area contributed by atoms with E-state index in [0.717, 1.165) is 5.69 Å². The molecule has 1 heterocycles. The third kappa shape index (κ3) is 6.49. The van der Waals surface area contributed by atoms with E-state index in [4.69, 9.17) is 4.74 Å². The van der Waals surface area contributed by atoms with Crippen LogP contribution in [-0.2, 0) is 9.53 Å². The summed E-state index contributed by atoms with van der Waals surface area (Å²) < 4.78 is 5.20. The predicted octanol–water partition coefficient (Wildman–Crippen LogP) is 2.30. The highest BCUT2D eigenvalue weighted by atomic mass is 16.6. The molecule has 104 valence electrons. The van der Waals surface area contributed by atoms with Crippen LogP contribution in [0.15, 0.2) is 17.2 Å².